The van der Waals surface area contributed by atoms with Crippen molar-refractivity contribution in [3.63, 3.8) is 0 Å². The number of aryl methyl sites for hydroxylation is 1. The van der Waals surface area contributed by atoms with E-state index in [-0.39, 0.29) is 12.8 Å². The Morgan fingerprint density at radius 1 is 1.61 bits per heavy atom. The van der Waals surface area contributed by atoms with Crippen molar-refractivity contribution >= 4 is 5.97 Å². The van der Waals surface area contributed by atoms with Crippen LogP contribution in [-0.2, 0) is 4.79 Å². The fraction of sp³-hybridized carbons (Fsp3) is 0.417. The predicted octanol–water partition coefficient (Wildman–Crippen LogP) is 3.22. The van der Waals surface area contributed by atoms with E-state index in [1.807, 2.05) is 13.0 Å². The average Bonchev–Trinajstić information content (AvgIpc) is 2.34. The molecular formula is C12H15N3O3. The summed E-state index contributed by atoms with van der Waals surface area (Å²) in [5.41, 5.74) is 10.2. The number of methoxy groups -OCH3 is 1. The number of carboxylic acids is 1. The van der Waals surface area contributed by atoms with Crippen LogP contribution < -0.4 is 4.74 Å². The lowest BCUT2D eigenvalue weighted by Gasteiger charge is -2.12. The second kappa shape index (κ2) is 6.51. The van der Waals surface area contributed by atoms with Crippen LogP contribution in [0.25, 0.3) is 10.4 Å². The molecule has 0 amide bonds. The molecule has 0 saturated heterocycles. The van der Waals surface area contributed by atoms with Gasteiger partial charge in [0, 0.05) is 11.3 Å². The van der Waals surface area contributed by atoms with E-state index in [0.29, 0.717) is 0 Å². The number of carboxylic acid groups (broad SMARTS) is 1. The van der Waals surface area contributed by atoms with Crippen LogP contribution in [0.5, 0.6) is 5.75 Å². The number of hydrogen-bond donors (Lipinski definition) is 1. The Morgan fingerprint density at radius 3 is 2.83 bits per heavy atom. The van der Waals surface area contributed by atoms with Gasteiger partial charge in [-0.2, -0.15) is 0 Å². The molecule has 0 bridgehead atoms. The first-order valence-electron chi connectivity index (χ1n) is 5.49. The fourth-order valence-electron chi connectivity index (χ4n) is 1.72. The topological polar surface area (TPSA) is 95.3 Å². The molecule has 0 fully saturated rings. The SMILES string of the molecule is COc1ccc(C(CCC(=O)O)N=[N+]=[N-])cc1C. The van der Waals surface area contributed by atoms with Gasteiger partial charge >= 0.3 is 5.97 Å². The van der Waals surface area contributed by atoms with Crippen molar-refractivity contribution < 1.29 is 14.6 Å². The highest BCUT2D eigenvalue weighted by Crippen LogP contribution is 2.27. The monoisotopic (exact) mass is 249 g/mol. The smallest absolute Gasteiger partial charge is 0.303 e. The van der Waals surface area contributed by atoms with Crippen LogP contribution in [0.4, 0.5) is 0 Å². The van der Waals surface area contributed by atoms with Crippen molar-refractivity contribution in [2.75, 3.05) is 7.11 Å². The van der Waals surface area contributed by atoms with E-state index in [1.54, 1.807) is 19.2 Å². The van der Waals surface area contributed by atoms with E-state index in [0.717, 1.165) is 16.9 Å². The lowest BCUT2D eigenvalue weighted by Crippen LogP contribution is -2.01. The molecule has 0 aliphatic heterocycles. The van der Waals surface area contributed by atoms with Gasteiger partial charge in [0.2, 0.25) is 0 Å². The summed E-state index contributed by atoms with van der Waals surface area (Å²) >= 11 is 0. The number of carbonyl (C=O) groups is 1. The van der Waals surface area contributed by atoms with Crippen molar-refractivity contribution in [3.8, 4) is 5.75 Å². The molecule has 6 heteroatoms. The van der Waals surface area contributed by atoms with Gasteiger partial charge in [-0.25, -0.2) is 0 Å². The summed E-state index contributed by atoms with van der Waals surface area (Å²) in [4.78, 5) is 13.3. The molecule has 96 valence electrons. The third kappa shape index (κ3) is 3.68. The molecule has 18 heavy (non-hydrogen) atoms. The van der Waals surface area contributed by atoms with Gasteiger partial charge in [0.05, 0.1) is 13.2 Å². The summed E-state index contributed by atoms with van der Waals surface area (Å²) in [6.07, 6.45) is 0.250. The summed E-state index contributed by atoms with van der Waals surface area (Å²) in [5.74, 6) is -0.157. The molecule has 0 aliphatic carbocycles. The molecule has 1 atom stereocenters. The van der Waals surface area contributed by atoms with E-state index >= 15 is 0 Å². The summed E-state index contributed by atoms with van der Waals surface area (Å²) < 4.78 is 5.14. The standard InChI is InChI=1S/C12H15N3O3/c1-8-7-9(3-5-11(8)18-2)10(14-15-13)4-6-12(16)17/h3,5,7,10H,4,6H2,1-2H3,(H,16,17). The normalized spacial score (nSPS) is 11.4. The minimum Gasteiger partial charge on any atom is -0.496 e. The number of nitrogens with zero attached hydrogens (tertiary/aromatic N) is 3. The molecular weight excluding hydrogens is 234 g/mol. The minimum atomic E-state index is -0.904. The van der Waals surface area contributed by atoms with Crippen molar-refractivity contribution in [3.05, 3.63) is 39.8 Å². The van der Waals surface area contributed by atoms with Crippen molar-refractivity contribution in [1.29, 1.82) is 0 Å². The maximum Gasteiger partial charge on any atom is 0.303 e. The van der Waals surface area contributed by atoms with Crippen LogP contribution in [0, 0.1) is 6.92 Å². The highest BCUT2D eigenvalue weighted by molar-refractivity contribution is 5.66. The zero-order valence-electron chi connectivity index (χ0n) is 10.3. The van der Waals surface area contributed by atoms with Crippen molar-refractivity contribution in [1.82, 2.24) is 0 Å². The van der Waals surface area contributed by atoms with Crippen molar-refractivity contribution in [2.45, 2.75) is 25.8 Å². The van der Waals surface area contributed by atoms with Crippen LogP contribution in [0.2, 0.25) is 0 Å². The first-order valence-corrected chi connectivity index (χ1v) is 5.49. The molecule has 1 unspecified atom stereocenters. The van der Waals surface area contributed by atoms with Gasteiger partial charge in [-0.05, 0) is 36.1 Å². The molecule has 0 heterocycles. The Kier molecular flexibility index (Phi) is 5.02. The Morgan fingerprint density at radius 2 is 2.33 bits per heavy atom. The summed E-state index contributed by atoms with van der Waals surface area (Å²) in [6, 6.07) is 4.95. The van der Waals surface area contributed by atoms with E-state index in [2.05, 4.69) is 10.0 Å². The van der Waals surface area contributed by atoms with E-state index in [1.165, 1.54) is 0 Å². The molecule has 0 saturated carbocycles. The quantitative estimate of drug-likeness (QED) is 0.476. The van der Waals surface area contributed by atoms with E-state index in [4.69, 9.17) is 15.4 Å². The first kappa shape index (κ1) is 13.9. The zero-order chi connectivity index (χ0) is 13.5. The van der Waals surface area contributed by atoms with Gasteiger partial charge in [-0.15, -0.1) is 0 Å². The third-order valence-corrected chi connectivity index (χ3v) is 2.63. The Labute approximate surface area is 105 Å². The molecule has 6 nitrogen and oxygen atoms in total. The van der Waals surface area contributed by atoms with Crippen molar-refractivity contribution in [2.24, 2.45) is 5.11 Å². The molecule has 1 rings (SSSR count). The number of rotatable bonds is 6. The van der Waals surface area contributed by atoms with Crippen LogP contribution in [-0.4, -0.2) is 18.2 Å². The van der Waals surface area contributed by atoms with Gasteiger partial charge < -0.3 is 9.84 Å². The number of hydrogen-bond acceptors (Lipinski definition) is 3. The van der Waals surface area contributed by atoms with Gasteiger partial charge in [-0.3, -0.25) is 4.79 Å². The number of aliphatic carboxylic acids is 1. The molecule has 1 N–H and O–H groups in total. The van der Waals surface area contributed by atoms with Gasteiger partial charge in [0.15, 0.2) is 0 Å². The lowest BCUT2D eigenvalue weighted by atomic mass is 10.0. The molecule has 0 aliphatic rings. The maximum absolute atomic E-state index is 10.6. The van der Waals surface area contributed by atoms with E-state index < -0.39 is 12.0 Å². The lowest BCUT2D eigenvalue weighted by molar-refractivity contribution is -0.137. The second-order valence-corrected chi connectivity index (χ2v) is 3.88. The highest BCUT2D eigenvalue weighted by atomic mass is 16.5. The van der Waals surface area contributed by atoms with Crippen LogP contribution in [0.3, 0.4) is 0 Å². The first-order chi connectivity index (χ1) is 8.58. The Bertz CT molecular complexity index is 481. The number of benzene rings is 1. The maximum atomic E-state index is 10.6. The minimum absolute atomic E-state index is 0.0330. The third-order valence-electron chi connectivity index (χ3n) is 2.63. The second-order valence-electron chi connectivity index (χ2n) is 3.88. The molecule has 1 aromatic rings. The molecule has 0 radical (unpaired) electrons. The summed E-state index contributed by atoms with van der Waals surface area (Å²) in [6.45, 7) is 1.88. The molecule has 1 aromatic carbocycles. The Balaban J connectivity index is 2.95. The summed E-state index contributed by atoms with van der Waals surface area (Å²) in [7, 11) is 1.58. The Hall–Kier alpha value is -2.20. The largest absolute Gasteiger partial charge is 0.496 e. The van der Waals surface area contributed by atoms with E-state index in [9.17, 15) is 4.79 Å². The van der Waals surface area contributed by atoms with Gasteiger partial charge in [-0.1, -0.05) is 17.2 Å². The molecule has 0 spiro atoms. The van der Waals surface area contributed by atoms with Gasteiger partial charge in [0.1, 0.15) is 5.75 Å². The highest BCUT2D eigenvalue weighted by Gasteiger charge is 2.13. The summed E-state index contributed by atoms with van der Waals surface area (Å²) in [5, 5.41) is 12.3. The zero-order valence-corrected chi connectivity index (χ0v) is 10.3. The molecule has 0 aromatic heterocycles. The predicted molar refractivity (Wildman–Crippen MR) is 66.5 cm³/mol. The number of azide groups is 1. The van der Waals surface area contributed by atoms with Crippen LogP contribution in [0.1, 0.15) is 30.0 Å². The van der Waals surface area contributed by atoms with Crippen LogP contribution in [0.15, 0.2) is 23.3 Å². The number of ether oxygens (including phenoxy) is 1. The van der Waals surface area contributed by atoms with Gasteiger partial charge in [0.25, 0.3) is 0 Å². The fourth-order valence-corrected chi connectivity index (χ4v) is 1.72. The van der Waals surface area contributed by atoms with Crippen LogP contribution >= 0.6 is 0 Å². The average molecular weight is 249 g/mol.